The van der Waals surface area contributed by atoms with Gasteiger partial charge in [0.15, 0.2) is 0 Å². The molecule has 0 saturated heterocycles. The van der Waals surface area contributed by atoms with Crippen LogP contribution in [0.2, 0.25) is 0 Å². The van der Waals surface area contributed by atoms with Crippen LogP contribution in [0, 0.1) is 27.7 Å². The number of hydrogen-bond donors (Lipinski definition) is 0. The van der Waals surface area contributed by atoms with Crippen molar-refractivity contribution in [2.75, 3.05) is 0 Å². The molecule has 164 valence electrons. The average molecular weight is 457 g/mol. The summed E-state index contributed by atoms with van der Waals surface area (Å²) in [6.45, 7) is 14.7. The third-order valence-corrected chi connectivity index (χ3v) is 14.4. The number of hydrogen-bond acceptors (Lipinski definition) is 0. The summed E-state index contributed by atoms with van der Waals surface area (Å²) in [5.41, 5.74) is 10.6. The van der Waals surface area contributed by atoms with Gasteiger partial charge in [0, 0.05) is 21.2 Å². The lowest BCUT2D eigenvalue weighted by Crippen LogP contribution is -1.94. The van der Waals surface area contributed by atoms with Gasteiger partial charge in [-0.25, -0.2) is 0 Å². The predicted octanol–water partition coefficient (Wildman–Crippen LogP) is 10.8. The molecule has 5 rings (SSSR count). The predicted molar refractivity (Wildman–Crippen MR) is 146 cm³/mol. The quantitative estimate of drug-likeness (QED) is 0.281. The lowest BCUT2D eigenvalue weighted by molar-refractivity contribution is 0.667. The molecule has 3 heterocycles. The molecule has 0 N–H and O–H groups in total. The van der Waals surface area contributed by atoms with Crippen LogP contribution in [0.25, 0.3) is 32.3 Å². The van der Waals surface area contributed by atoms with Gasteiger partial charge in [0.05, 0.1) is 0 Å². The molecule has 0 spiro atoms. The Balaban J connectivity index is 1.90. The second-order valence-corrected chi connectivity index (χ2v) is 14.7. The van der Waals surface area contributed by atoms with Crippen molar-refractivity contribution in [3.8, 4) is 32.3 Å². The van der Waals surface area contributed by atoms with Gasteiger partial charge in [-0.3, -0.25) is 0 Å². The second kappa shape index (κ2) is 8.41. The minimum atomic E-state index is -0.336. The Labute approximate surface area is 195 Å². The van der Waals surface area contributed by atoms with E-state index in [4.69, 9.17) is 0 Å². The molecule has 0 nitrogen and oxygen atoms in total. The van der Waals surface area contributed by atoms with Crippen molar-refractivity contribution in [2.24, 2.45) is 0 Å². The highest BCUT2D eigenvalue weighted by molar-refractivity contribution is 7.62. The third-order valence-electron chi connectivity index (χ3n) is 7.71. The van der Waals surface area contributed by atoms with Crippen molar-refractivity contribution in [3.05, 3.63) is 82.9 Å². The summed E-state index contributed by atoms with van der Waals surface area (Å²) < 4.78 is 0. The highest BCUT2D eigenvalue weighted by Crippen LogP contribution is 2.71. The molecule has 0 bridgehead atoms. The minimum Gasteiger partial charge on any atom is -0.105 e. The van der Waals surface area contributed by atoms with Crippen LogP contribution in [0.3, 0.4) is 0 Å². The van der Waals surface area contributed by atoms with E-state index in [-0.39, 0.29) is 15.1 Å². The second-order valence-electron chi connectivity index (χ2n) is 9.64. The summed E-state index contributed by atoms with van der Waals surface area (Å²) in [5.74, 6) is 0. The molecular weight excluding hydrogens is 422 g/mol. The normalized spacial score (nSPS) is 19.2. The van der Waals surface area contributed by atoms with E-state index >= 15 is 0 Å². The van der Waals surface area contributed by atoms with Gasteiger partial charge in [-0.05, 0) is 85.2 Å². The summed E-state index contributed by atoms with van der Waals surface area (Å²) >= 11 is 0. The molecule has 0 aliphatic carbocycles. The lowest BCUT2D eigenvalue weighted by atomic mass is 10.0. The van der Waals surface area contributed by atoms with E-state index in [1.54, 1.807) is 43.4 Å². The average Bonchev–Trinajstić information content (AvgIpc) is 3.22. The third kappa shape index (κ3) is 3.27. The summed E-state index contributed by atoms with van der Waals surface area (Å²) in [6, 6.07) is 22.5. The fourth-order valence-electron chi connectivity index (χ4n) is 5.77. The Hall–Kier alpha value is -2.00. The topological polar surface area (TPSA) is 0 Å². The summed E-state index contributed by atoms with van der Waals surface area (Å²) in [7, 11) is -0.673. The Morgan fingerprint density at radius 3 is 1.16 bits per heavy atom. The summed E-state index contributed by atoms with van der Waals surface area (Å²) in [4.78, 5) is 0. The summed E-state index contributed by atoms with van der Waals surface area (Å²) in [6.07, 6.45) is 2.67. The molecular formula is C30H34P2. The maximum Gasteiger partial charge on any atom is 0.00949 e. The van der Waals surface area contributed by atoms with Crippen molar-refractivity contribution < 1.29 is 0 Å². The Morgan fingerprint density at radius 1 is 0.500 bits per heavy atom. The first kappa shape index (κ1) is 21.8. The minimum absolute atomic E-state index is 0.336. The Kier molecular flexibility index (Phi) is 5.73. The van der Waals surface area contributed by atoms with Crippen LogP contribution in [-0.4, -0.2) is 0 Å². The first-order chi connectivity index (χ1) is 15.4. The molecule has 0 saturated carbocycles. The van der Waals surface area contributed by atoms with Crippen molar-refractivity contribution >= 4 is 15.1 Å². The smallest absolute Gasteiger partial charge is 0.00949 e. The van der Waals surface area contributed by atoms with Gasteiger partial charge in [0.25, 0.3) is 0 Å². The molecule has 0 fully saturated rings. The van der Waals surface area contributed by atoms with Crippen molar-refractivity contribution in [3.63, 3.8) is 0 Å². The highest BCUT2D eigenvalue weighted by Gasteiger charge is 2.33. The number of benzene rings is 2. The maximum absolute atomic E-state index is 2.53. The molecule has 2 unspecified atom stereocenters. The standard InChI is InChI=1S/C30H34P2/c1-19-17-18-20(2)32-28(26-15-11-8-12-16-26)22(4)24(6)30(32)29-23(5)21(3)27(31(19)29)25-13-9-7-10-14-25/h7-16,19-20H,17-18H2,1-6H3/t19-,20-,31?,32?/m1/s1. The van der Waals surface area contributed by atoms with Crippen LogP contribution in [0.15, 0.2) is 60.7 Å². The van der Waals surface area contributed by atoms with Gasteiger partial charge in [0.2, 0.25) is 0 Å². The monoisotopic (exact) mass is 456 g/mol. The fraction of sp³-hybridized carbons (Fsp3) is 0.333. The summed E-state index contributed by atoms with van der Waals surface area (Å²) in [5, 5.41) is 6.78. The van der Waals surface area contributed by atoms with Crippen LogP contribution in [-0.2, 0) is 0 Å². The zero-order chi connectivity index (χ0) is 22.6. The first-order valence-electron chi connectivity index (χ1n) is 12.0. The van der Waals surface area contributed by atoms with Gasteiger partial charge in [-0.2, -0.15) is 0 Å². The van der Waals surface area contributed by atoms with Gasteiger partial charge >= 0.3 is 0 Å². The van der Waals surface area contributed by atoms with E-state index in [1.165, 1.54) is 24.0 Å². The first-order valence-corrected chi connectivity index (χ1v) is 14.8. The van der Waals surface area contributed by atoms with E-state index in [0.29, 0.717) is 0 Å². The Bertz CT molecular complexity index is 1170. The molecule has 1 aliphatic rings. The van der Waals surface area contributed by atoms with E-state index in [2.05, 4.69) is 102 Å². The SMILES string of the molecule is Cc1c(C)c2p(c1-c1ccccc1)[C@H](C)CC[C@@H](C)p1c(-c3ccccc3)c(C)c(C)c1-2. The van der Waals surface area contributed by atoms with Crippen LogP contribution < -0.4 is 0 Å². The van der Waals surface area contributed by atoms with Gasteiger partial charge in [0.1, 0.15) is 0 Å². The molecule has 0 amide bonds. The molecule has 32 heavy (non-hydrogen) atoms. The Morgan fingerprint density at radius 2 is 0.812 bits per heavy atom. The number of fused-ring (bicyclic) bond motifs is 3. The molecule has 0 radical (unpaired) electrons. The lowest BCUT2D eigenvalue weighted by Gasteiger charge is -2.27. The zero-order valence-corrected chi connectivity index (χ0v) is 22.0. The van der Waals surface area contributed by atoms with E-state index in [1.807, 2.05) is 0 Å². The molecule has 1 aliphatic heterocycles. The van der Waals surface area contributed by atoms with Crippen LogP contribution in [0.5, 0.6) is 0 Å². The van der Waals surface area contributed by atoms with E-state index in [9.17, 15) is 0 Å². The van der Waals surface area contributed by atoms with Crippen molar-refractivity contribution in [1.29, 1.82) is 0 Å². The van der Waals surface area contributed by atoms with Gasteiger partial charge < -0.3 is 0 Å². The zero-order valence-electron chi connectivity index (χ0n) is 20.2. The largest absolute Gasteiger partial charge is 0.105 e. The molecule has 4 atom stereocenters. The highest BCUT2D eigenvalue weighted by atomic mass is 31.1. The van der Waals surface area contributed by atoms with Crippen molar-refractivity contribution in [1.82, 2.24) is 0 Å². The van der Waals surface area contributed by atoms with Crippen LogP contribution in [0.1, 0.15) is 60.3 Å². The molecule has 2 aromatic carbocycles. The van der Waals surface area contributed by atoms with E-state index in [0.717, 1.165) is 11.3 Å². The number of rotatable bonds is 2. The van der Waals surface area contributed by atoms with E-state index < -0.39 is 0 Å². The molecule has 4 aromatic rings. The van der Waals surface area contributed by atoms with Crippen molar-refractivity contribution in [2.45, 2.75) is 65.7 Å². The fourth-order valence-corrected chi connectivity index (χ4v) is 13.2. The van der Waals surface area contributed by atoms with Gasteiger partial charge in [-0.1, -0.05) is 74.5 Å². The van der Waals surface area contributed by atoms with Crippen LogP contribution in [0.4, 0.5) is 0 Å². The van der Waals surface area contributed by atoms with Crippen LogP contribution >= 0.6 is 15.1 Å². The van der Waals surface area contributed by atoms with Gasteiger partial charge in [-0.15, -0.1) is 15.1 Å². The maximum atomic E-state index is 2.53. The molecule has 2 aromatic heterocycles. The molecule has 2 heteroatoms.